The Morgan fingerprint density at radius 2 is 1.72 bits per heavy atom. The molecule has 11 heteroatoms. The third kappa shape index (κ3) is 7.39. The second-order valence-electron chi connectivity index (χ2n) is 11.3. The minimum Gasteiger partial charge on any atom is -0.490 e. The number of ether oxygens (including phenoxy) is 1. The molecule has 231 valence electrons. The minimum atomic E-state index is -0.677. The van der Waals surface area contributed by atoms with Crippen molar-refractivity contribution in [1.29, 1.82) is 0 Å². The SMILES string of the molecule is CCCc1nc(C)n(-c2ccc(OC3CCC(=O)CC3)cc2)c(=O)c1Cc1ccc(-c2ccccc2-c2noc(=O)[nH]2)cc1F.[K]. The maximum atomic E-state index is 15.7. The van der Waals surface area contributed by atoms with Gasteiger partial charge in [-0.25, -0.2) is 14.2 Å². The molecule has 0 amide bonds. The Hall–Kier alpha value is -3.48. The maximum absolute atomic E-state index is 15.7. The van der Waals surface area contributed by atoms with Crippen LogP contribution in [0.5, 0.6) is 5.75 Å². The number of aromatic amines is 1. The summed E-state index contributed by atoms with van der Waals surface area (Å²) < 4.78 is 28.0. The van der Waals surface area contributed by atoms with Crippen LogP contribution in [-0.4, -0.2) is 83.0 Å². The average Bonchev–Trinajstić information content (AvgIpc) is 3.48. The second kappa shape index (κ2) is 15.0. The molecular weight excluding hydrogens is 615 g/mol. The molecule has 0 spiro atoms. The third-order valence-electron chi connectivity index (χ3n) is 8.16. The number of hydrogen-bond donors (Lipinski definition) is 1. The Kier molecular flexibility index (Phi) is 11.0. The molecule has 1 N–H and O–H groups in total. The van der Waals surface area contributed by atoms with Gasteiger partial charge in [-0.3, -0.25) is 23.7 Å². The van der Waals surface area contributed by atoms with Crippen molar-refractivity contribution in [3.8, 4) is 34.0 Å². The van der Waals surface area contributed by atoms with Crippen LogP contribution in [0.1, 0.15) is 61.7 Å². The minimum absolute atomic E-state index is 0. The Bertz CT molecular complexity index is 1970. The quantitative estimate of drug-likeness (QED) is 0.203. The van der Waals surface area contributed by atoms with E-state index in [-0.39, 0.29) is 81.1 Å². The summed E-state index contributed by atoms with van der Waals surface area (Å²) in [6, 6.07) is 19.4. The van der Waals surface area contributed by atoms with Crippen LogP contribution in [0, 0.1) is 12.7 Å². The van der Waals surface area contributed by atoms with Gasteiger partial charge in [0.2, 0.25) is 0 Å². The van der Waals surface area contributed by atoms with Gasteiger partial charge in [-0.15, -0.1) is 0 Å². The molecule has 1 radical (unpaired) electrons. The molecule has 3 aromatic carbocycles. The van der Waals surface area contributed by atoms with E-state index in [1.165, 1.54) is 6.07 Å². The van der Waals surface area contributed by atoms with Gasteiger partial charge in [0.15, 0.2) is 5.82 Å². The van der Waals surface area contributed by atoms with Crippen LogP contribution in [-0.2, 0) is 17.6 Å². The summed E-state index contributed by atoms with van der Waals surface area (Å²) in [4.78, 5) is 44.4. The van der Waals surface area contributed by atoms with Crippen molar-refractivity contribution in [2.45, 2.75) is 64.9 Å². The van der Waals surface area contributed by atoms with Crippen molar-refractivity contribution < 1.29 is 18.4 Å². The number of nitrogens with zero attached hydrogens (tertiary/aromatic N) is 3. The van der Waals surface area contributed by atoms with Gasteiger partial charge in [0, 0.05) is 81.8 Å². The van der Waals surface area contributed by atoms with E-state index in [4.69, 9.17) is 9.72 Å². The van der Waals surface area contributed by atoms with Crippen LogP contribution in [0.25, 0.3) is 28.2 Å². The van der Waals surface area contributed by atoms with Crippen molar-refractivity contribution >= 4 is 57.2 Å². The van der Waals surface area contributed by atoms with Crippen molar-refractivity contribution in [2.24, 2.45) is 0 Å². The van der Waals surface area contributed by atoms with Gasteiger partial charge < -0.3 is 4.74 Å². The Balaban J connectivity index is 0.00000417. The topological polar surface area (TPSA) is 120 Å². The largest absolute Gasteiger partial charge is 0.490 e. The van der Waals surface area contributed by atoms with Gasteiger partial charge in [-0.1, -0.05) is 54.9 Å². The van der Waals surface area contributed by atoms with E-state index < -0.39 is 11.6 Å². The summed E-state index contributed by atoms with van der Waals surface area (Å²) in [7, 11) is 0. The number of carbonyl (C=O) groups is 1. The molecule has 2 heterocycles. The maximum Gasteiger partial charge on any atom is 0.439 e. The molecule has 5 aromatic rings. The zero-order valence-electron chi connectivity index (χ0n) is 26.1. The fourth-order valence-corrected chi connectivity index (χ4v) is 5.88. The molecule has 0 aliphatic heterocycles. The Labute approximate surface area is 307 Å². The number of hydrogen-bond acceptors (Lipinski definition) is 7. The Morgan fingerprint density at radius 3 is 2.37 bits per heavy atom. The van der Waals surface area contributed by atoms with Gasteiger partial charge in [0.25, 0.3) is 5.56 Å². The monoisotopic (exact) mass is 647 g/mol. The van der Waals surface area contributed by atoms with E-state index in [2.05, 4.69) is 14.7 Å². The fourth-order valence-electron chi connectivity index (χ4n) is 5.88. The van der Waals surface area contributed by atoms with Crippen molar-refractivity contribution in [1.82, 2.24) is 19.7 Å². The number of Topliss-reactive ketones (excluding diaryl/α,β-unsaturated/α-hetero) is 1. The van der Waals surface area contributed by atoms with Crippen molar-refractivity contribution in [2.75, 3.05) is 0 Å². The summed E-state index contributed by atoms with van der Waals surface area (Å²) >= 11 is 0. The first-order chi connectivity index (χ1) is 21.8. The number of rotatable bonds is 9. The normalized spacial score (nSPS) is 13.4. The molecule has 6 rings (SSSR count). The number of nitrogens with one attached hydrogen (secondary N) is 1. The summed E-state index contributed by atoms with van der Waals surface area (Å²) in [6.45, 7) is 3.81. The molecule has 1 saturated carbocycles. The smallest absolute Gasteiger partial charge is 0.439 e. The van der Waals surface area contributed by atoms with Gasteiger partial charge in [-0.05, 0) is 73.2 Å². The second-order valence-corrected chi connectivity index (χ2v) is 11.3. The van der Waals surface area contributed by atoms with E-state index in [9.17, 15) is 14.4 Å². The zero-order valence-corrected chi connectivity index (χ0v) is 29.3. The van der Waals surface area contributed by atoms with Crippen LogP contribution < -0.4 is 16.1 Å². The van der Waals surface area contributed by atoms with Crippen LogP contribution in [0.3, 0.4) is 0 Å². The number of benzene rings is 3. The van der Waals surface area contributed by atoms with E-state index in [1.54, 1.807) is 35.8 Å². The first-order valence-electron chi connectivity index (χ1n) is 15.1. The molecule has 0 saturated heterocycles. The van der Waals surface area contributed by atoms with Crippen molar-refractivity contribution in [3.05, 3.63) is 116 Å². The van der Waals surface area contributed by atoms with Gasteiger partial charge in [0.05, 0.1) is 17.5 Å². The summed E-state index contributed by atoms with van der Waals surface area (Å²) in [5, 5.41) is 3.78. The molecule has 2 aromatic heterocycles. The van der Waals surface area contributed by atoms with E-state index >= 15 is 4.39 Å². The molecule has 1 aliphatic carbocycles. The Morgan fingerprint density at radius 1 is 1.00 bits per heavy atom. The average molecular weight is 648 g/mol. The summed E-state index contributed by atoms with van der Waals surface area (Å²) in [5.41, 5.74) is 3.72. The van der Waals surface area contributed by atoms with E-state index in [0.29, 0.717) is 82.9 Å². The number of aryl methyl sites for hydroxylation is 2. The number of H-pyrrole nitrogens is 1. The molecule has 0 atom stereocenters. The van der Waals surface area contributed by atoms with Gasteiger partial charge >= 0.3 is 5.76 Å². The number of carbonyl (C=O) groups excluding carboxylic acids is 1. The number of ketones is 1. The molecule has 0 bridgehead atoms. The molecule has 1 fully saturated rings. The summed E-state index contributed by atoms with van der Waals surface area (Å²) in [6.07, 6.45) is 3.94. The van der Waals surface area contributed by atoms with Gasteiger partial charge in [-0.2, -0.15) is 0 Å². The van der Waals surface area contributed by atoms with Crippen LogP contribution in [0.15, 0.2) is 80.8 Å². The molecule has 9 nitrogen and oxygen atoms in total. The number of aromatic nitrogens is 4. The standard InChI is InChI=1S/C35H33FN4O5.K/c1-3-6-32-30(19-23-10-9-22(20-31(23)36)28-7-4-5-8-29(28)33-38-35(43)45-39-33)34(42)40(21(2)37-32)24-11-15-26(16-12-24)44-27-17-13-25(41)14-18-27;/h4-5,7-12,15-16,20,27H,3,6,13-14,17-19H2,1-2H3,(H,38,39,43);. The predicted molar refractivity (Wildman–Crippen MR) is 173 cm³/mol. The molecule has 1 aliphatic rings. The number of halogens is 1. The van der Waals surface area contributed by atoms with Crippen LogP contribution in [0.2, 0.25) is 0 Å². The van der Waals surface area contributed by atoms with Gasteiger partial charge in [0.1, 0.15) is 23.2 Å². The van der Waals surface area contributed by atoms with E-state index in [1.807, 2.05) is 43.3 Å². The summed E-state index contributed by atoms with van der Waals surface area (Å²) in [5.74, 6) is 0.612. The van der Waals surface area contributed by atoms with E-state index in [0.717, 1.165) is 6.42 Å². The zero-order chi connectivity index (χ0) is 31.5. The third-order valence-corrected chi connectivity index (χ3v) is 8.16. The van der Waals surface area contributed by atoms with Crippen LogP contribution in [0.4, 0.5) is 4.39 Å². The molecule has 0 unspecified atom stereocenters. The first kappa shape index (κ1) is 33.9. The van der Waals surface area contributed by atoms with Crippen LogP contribution >= 0.6 is 0 Å². The molecule has 46 heavy (non-hydrogen) atoms. The van der Waals surface area contributed by atoms with Crippen molar-refractivity contribution in [3.63, 3.8) is 0 Å². The molecular formula is C35H33FKN4O5. The predicted octanol–water partition coefficient (Wildman–Crippen LogP) is 5.74. The first-order valence-corrected chi connectivity index (χ1v) is 15.1. The fraction of sp³-hybridized carbons (Fsp3) is 0.286.